The fourth-order valence-electron chi connectivity index (χ4n) is 2.12. The average Bonchev–Trinajstić information content (AvgIpc) is 2.83. The molecule has 3 nitrogen and oxygen atoms in total. The van der Waals surface area contributed by atoms with Gasteiger partial charge in [-0.2, -0.15) is 0 Å². The Labute approximate surface area is 111 Å². The Bertz CT molecular complexity index is 364. The van der Waals surface area contributed by atoms with Gasteiger partial charge in [0.1, 0.15) is 5.75 Å². The van der Waals surface area contributed by atoms with E-state index in [-0.39, 0.29) is 0 Å². The van der Waals surface area contributed by atoms with Gasteiger partial charge in [-0.3, -0.25) is 0 Å². The maximum absolute atomic E-state index is 5.79. The van der Waals surface area contributed by atoms with Gasteiger partial charge in [0.2, 0.25) is 0 Å². The first-order valence-electron chi connectivity index (χ1n) is 6.16. The van der Waals surface area contributed by atoms with Crippen molar-refractivity contribution in [2.45, 2.75) is 19.3 Å². The van der Waals surface area contributed by atoms with Crippen molar-refractivity contribution in [1.82, 2.24) is 4.90 Å². The number of anilines is 1. The molecule has 0 spiro atoms. The Balaban J connectivity index is 1.72. The molecule has 0 atom stereocenters. The van der Waals surface area contributed by atoms with Crippen LogP contribution in [0.25, 0.3) is 0 Å². The first-order chi connectivity index (χ1) is 8.27. The molecule has 1 aromatic rings. The zero-order valence-corrected chi connectivity index (χ0v) is 11.6. The molecule has 0 bridgehead atoms. The fraction of sp³-hybridized carbons (Fsp3) is 0.538. The number of nitrogens with zero attached hydrogens (tertiary/aromatic N) is 1. The third kappa shape index (κ3) is 3.61. The van der Waals surface area contributed by atoms with E-state index in [2.05, 4.69) is 20.8 Å². The van der Waals surface area contributed by atoms with Crippen molar-refractivity contribution < 1.29 is 4.74 Å². The van der Waals surface area contributed by atoms with Crippen molar-refractivity contribution >= 4 is 21.6 Å². The number of benzene rings is 1. The molecule has 0 saturated carbocycles. The highest BCUT2D eigenvalue weighted by Gasteiger charge is 2.10. The van der Waals surface area contributed by atoms with Gasteiger partial charge in [-0.15, -0.1) is 0 Å². The molecule has 1 aliphatic heterocycles. The second-order valence-corrected chi connectivity index (χ2v) is 5.20. The van der Waals surface area contributed by atoms with Crippen molar-refractivity contribution in [2.75, 3.05) is 32.0 Å². The van der Waals surface area contributed by atoms with Crippen LogP contribution in [-0.4, -0.2) is 31.1 Å². The summed E-state index contributed by atoms with van der Waals surface area (Å²) in [6, 6.07) is 5.72. The maximum atomic E-state index is 5.79. The molecule has 0 unspecified atom stereocenters. The lowest BCUT2D eigenvalue weighted by Gasteiger charge is -2.15. The van der Waals surface area contributed by atoms with Crippen LogP contribution in [0.15, 0.2) is 22.7 Å². The SMILES string of the molecule is Nc1cccc(OCCCN2CCCC2)c1Br. The number of rotatable bonds is 5. The highest BCUT2D eigenvalue weighted by atomic mass is 79.9. The Hall–Kier alpha value is -0.740. The van der Waals surface area contributed by atoms with Gasteiger partial charge in [0.15, 0.2) is 0 Å². The van der Waals surface area contributed by atoms with E-state index in [0.29, 0.717) is 0 Å². The Morgan fingerprint density at radius 3 is 2.82 bits per heavy atom. The standard InChI is InChI=1S/C13H19BrN2O/c14-13-11(15)5-3-6-12(13)17-10-4-9-16-7-1-2-8-16/h3,5-6H,1-2,4,7-10,15H2. The van der Waals surface area contributed by atoms with E-state index in [1.807, 2.05) is 18.2 Å². The van der Waals surface area contributed by atoms with Gasteiger partial charge in [0, 0.05) is 12.2 Å². The van der Waals surface area contributed by atoms with Crippen molar-refractivity contribution in [3.63, 3.8) is 0 Å². The second kappa shape index (κ2) is 6.26. The van der Waals surface area contributed by atoms with E-state index >= 15 is 0 Å². The van der Waals surface area contributed by atoms with Crippen LogP contribution in [0.3, 0.4) is 0 Å². The monoisotopic (exact) mass is 298 g/mol. The van der Waals surface area contributed by atoms with E-state index in [1.54, 1.807) is 0 Å². The smallest absolute Gasteiger partial charge is 0.135 e. The van der Waals surface area contributed by atoms with Gasteiger partial charge in [-0.1, -0.05) is 6.07 Å². The van der Waals surface area contributed by atoms with E-state index < -0.39 is 0 Å². The van der Waals surface area contributed by atoms with Crippen molar-refractivity contribution in [2.24, 2.45) is 0 Å². The topological polar surface area (TPSA) is 38.5 Å². The average molecular weight is 299 g/mol. The lowest BCUT2D eigenvalue weighted by atomic mass is 10.3. The lowest BCUT2D eigenvalue weighted by molar-refractivity contribution is 0.262. The van der Waals surface area contributed by atoms with Crippen LogP contribution in [-0.2, 0) is 0 Å². The minimum atomic E-state index is 0.724. The molecule has 1 aliphatic rings. The Kier molecular flexibility index (Phi) is 4.68. The van der Waals surface area contributed by atoms with Crippen LogP contribution in [0.5, 0.6) is 5.75 Å². The zero-order chi connectivity index (χ0) is 12.1. The number of nitrogen functional groups attached to an aromatic ring is 1. The number of ether oxygens (including phenoxy) is 1. The molecule has 2 N–H and O–H groups in total. The zero-order valence-electron chi connectivity index (χ0n) is 9.99. The summed E-state index contributed by atoms with van der Waals surface area (Å²) in [5.41, 5.74) is 6.51. The lowest BCUT2D eigenvalue weighted by Crippen LogP contribution is -2.21. The van der Waals surface area contributed by atoms with Crippen LogP contribution in [0.4, 0.5) is 5.69 Å². The number of hydrogen-bond donors (Lipinski definition) is 1. The number of nitrogens with two attached hydrogens (primary N) is 1. The molecule has 2 rings (SSSR count). The molecule has 94 valence electrons. The van der Waals surface area contributed by atoms with Gasteiger partial charge in [-0.05, 0) is 60.4 Å². The highest BCUT2D eigenvalue weighted by Crippen LogP contribution is 2.30. The summed E-state index contributed by atoms with van der Waals surface area (Å²) in [6.45, 7) is 4.39. The minimum absolute atomic E-state index is 0.724. The summed E-state index contributed by atoms with van der Waals surface area (Å²) in [5.74, 6) is 0.839. The number of likely N-dealkylation sites (tertiary alicyclic amines) is 1. The quantitative estimate of drug-likeness (QED) is 0.671. The van der Waals surface area contributed by atoms with Crippen LogP contribution >= 0.6 is 15.9 Å². The molecule has 0 radical (unpaired) electrons. The summed E-state index contributed by atoms with van der Waals surface area (Å²) >= 11 is 3.44. The number of halogens is 1. The first kappa shape index (κ1) is 12.7. The third-order valence-corrected chi connectivity index (χ3v) is 3.92. The first-order valence-corrected chi connectivity index (χ1v) is 6.96. The molecule has 1 fully saturated rings. The molecular formula is C13H19BrN2O. The van der Waals surface area contributed by atoms with Crippen molar-refractivity contribution in [3.8, 4) is 5.75 Å². The molecular weight excluding hydrogens is 280 g/mol. The summed E-state index contributed by atoms with van der Waals surface area (Å²) in [5, 5.41) is 0. The van der Waals surface area contributed by atoms with Crippen LogP contribution in [0.1, 0.15) is 19.3 Å². The van der Waals surface area contributed by atoms with Gasteiger partial charge in [0.05, 0.1) is 11.1 Å². The van der Waals surface area contributed by atoms with E-state index in [0.717, 1.165) is 35.5 Å². The largest absolute Gasteiger partial charge is 0.492 e. The van der Waals surface area contributed by atoms with E-state index in [4.69, 9.17) is 10.5 Å². The molecule has 1 aromatic carbocycles. The molecule has 17 heavy (non-hydrogen) atoms. The normalized spacial score (nSPS) is 16.3. The molecule has 0 aliphatic carbocycles. The highest BCUT2D eigenvalue weighted by molar-refractivity contribution is 9.10. The summed E-state index contributed by atoms with van der Waals surface area (Å²) in [6.07, 6.45) is 3.77. The second-order valence-electron chi connectivity index (χ2n) is 4.41. The van der Waals surface area contributed by atoms with E-state index in [1.165, 1.54) is 25.9 Å². The van der Waals surface area contributed by atoms with Crippen molar-refractivity contribution in [1.29, 1.82) is 0 Å². The predicted octanol–water partition coefficient (Wildman–Crippen LogP) is 2.90. The third-order valence-electron chi connectivity index (χ3n) is 3.07. The molecule has 4 heteroatoms. The molecule has 0 aromatic heterocycles. The molecule has 0 amide bonds. The van der Waals surface area contributed by atoms with Gasteiger partial charge >= 0.3 is 0 Å². The molecule has 1 heterocycles. The Morgan fingerprint density at radius 2 is 2.06 bits per heavy atom. The molecule has 1 saturated heterocycles. The van der Waals surface area contributed by atoms with Crippen LogP contribution in [0, 0.1) is 0 Å². The Morgan fingerprint density at radius 1 is 1.29 bits per heavy atom. The van der Waals surface area contributed by atoms with Gasteiger partial charge in [0.25, 0.3) is 0 Å². The fourth-order valence-corrected chi connectivity index (χ4v) is 2.49. The summed E-state index contributed by atoms with van der Waals surface area (Å²) < 4.78 is 6.59. The summed E-state index contributed by atoms with van der Waals surface area (Å²) in [4.78, 5) is 2.50. The van der Waals surface area contributed by atoms with Crippen molar-refractivity contribution in [3.05, 3.63) is 22.7 Å². The summed E-state index contributed by atoms with van der Waals surface area (Å²) in [7, 11) is 0. The predicted molar refractivity (Wildman–Crippen MR) is 74.3 cm³/mol. The minimum Gasteiger partial charge on any atom is -0.492 e. The maximum Gasteiger partial charge on any atom is 0.135 e. The van der Waals surface area contributed by atoms with Gasteiger partial charge in [-0.25, -0.2) is 0 Å². The number of hydrogen-bond acceptors (Lipinski definition) is 3. The van der Waals surface area contributed by atoms with Crippen LogP contribution < -0.4 is 10.5 Å². The van der Waals surface area contributed by atoms with E-state index in [9.17, 15) is 0 Å². The van der Waals surface area contributed by atoms with Crippen LogP contribution in [0.2, 0.25) is 0 Å². The van der Waals surface area contributed by atoms with Gasteiger partial charge < -0.3 is 15.4 Å².